The van der Waals surface area contributed by atoms with Crippen LogP contribution in [0, 0.1) is 3.57 Å². The maximum atomic E-state index is 11.4. The summed E-state index contributed by atoms with van der Waals surface area (Å²) in [7, 11) is 4.50. The molecule has 0 aliphatic carbocycles. The zero-order valence-electron chi connectivity index (χ0n) is 15.8. The Kier molecular flexibility index (Phi) is 8.48. The highest BCUT2D eigenvalue weighted by Crippen LogP contribution is 2.25. The van der Waals surface area contributed by atoms with Crippen LogP contribution in [0.25, 0.3) is 11.1 Å². The number of benzene rings is 2. The van der Waals surface area contributed by atoms with Crippen LogP contribution in [0.2, 0.25) is 10.0 Å². The summed E-state index contributed by atoms with van der Waals surface area (Å²) in [4.78, 5) is 22.4. The van der Waals surface area contributed by atoms with Crippen molar-refractivity contribution in [3.8, 4) is 11.1 Å². The molecule has 3 rings (SSSR count). The number of methoxy groups -OCH3 is 2. The van der Waals surface area contributed by atoms with Crippen molar-refractivity contribution in [2.75, 3.05) is 14.2 Å². The molecule has 0 spiro atoms. The fourth-order valence-electron chi connectivity index (χ4n) is 2.31. The quantitative estimate of drug-likeness (QED) is 0.331. The van der Waals surface area contributed by atoms with E-state index in [0.717, 1.165) is 14.7 Å². The molecule has 0 atom stereocenters. The summed E-state index contributed by atoms with van der Waals surface area (Å²) in [5, 5.41) is 4.88. The molecule has 0 amide bonds. The van der Waals surface area contributed by atoms with Crippen molar-refractivity contribution in [2.45, 2.75) is 0 Å². The SMILES string of the molecule is COC(=O)c1ccc(-c2cnn(C)c2)cc1Cl.COC(=O)c1ccc(I)cc1Cl. The van der Waals surface area contributed by atoms with E-state index < -0.39 is 11.9 Å². The molecular weight excluding hydrogens is 530 g/mol. The minimum Gasteiger partial charge on any atom is -0.465 e. The van der Waals surface area contributed by atoms with Gasteiger partial charge in [-0.3, -0.25) is 4.68 Å². The second kappa shape index (κ2) is 10.6. The van der Waals surface area contributed by atoms with E-state index in [1.807, 2.05) is 19.3 Å². The van der Waals surface area contributed by atoms with E-state index in [-0.39, 0.29) is 0 Å². The van der Waals surface area contributed by atoms with Crippen LogP contribution in [0.4, 0.5) is 0 Å². The molecule has 0 saturated carbocycles. The third-order valence-corrected chi connectivity index (χ3v) is 5.05. The molecule has 0 fully saturated rings. The van der Waals surface area contributed by atoms with Crippen LogP contribution in [0.15, 0.2) is 48.8 Å². The topological polar surface area (TPSA) is 70.4 Å². The number of carbonyl (C=O) groups excluding carboxylic acids is 2. The van der Waals surface area contributed by atoms with Gasteiger partial charge in [0.25, 0.3) is 0 Å². The minimum atomic E-state index is -0.437. The lowest BCUT2D eigenvalue weighted by molar-refractivity contribution is 0.0592. The van der Waals surface area contributed by atoms with Gasteiger partial charge in [-0.1, -0.05) is 29.3 Å². The van der Waals surface area contributed by atoms with E-state index in [0.29, 0.717) is 21.2 Å². The second-order valence-corrected chi connectivity index (χ2v) is 7.76. The Hall–Kier alpha value is -2.10. The first-order chi connectivity index (χ1) is 13.8. The summed E-state index contributed by atoms with van der Waals surface area (Å²) in [5.74, 6) is -0.843. The molecule has 6 nitrogen and oxygen atoms in total. The van der Waals surface area contributed by atoms with Gasteiger partial charge in [0.1, 0.15) is 0 Å². The van der Waals surface area contributed by atoms with Gasteiger partial charge in [-0.25, -0.2) is 9.59 Å². The molecule has 152 valence electrons. The fourth-order valence-corrected chi connectivity index (χ4v) is 3.50. The molecule has 2 aromatic carbocycles. The molecule has 3 aromatic rings. The lowest BCUT2D eigenvalue weighted by Gasteiger charge is -2.04. The largest absolute Gasteiger partial charge is 0.465 e. The van der Waals surface area contributed by atoms with Gasteiger partial charge in [-0.15, -0.1) is 0 Å². The van der Waals surface area contributed by atoms with Crippen LogP contribution in [-0.2, 0) is 16.5 Å². The molecule has 0 N–H and O–H groups in total. The van der Waals surface area contributed by atoms with Crippen LogP contribution in [-0.4, -0.2) is 35.9 Å². The third kappa shape index (κ3) is 6.19. The molecule has 9 heteroatoms. The molecule has 0 bridgehead atoms. The van der Waals surface area contributed by atoms with E-state index in [9.17, 15) is 9.59 Å². The molecule has 0 saturated heterocycles. The minimum absolute atomic E-state index is 0.363. The Balaban J connectivity index is 0.000000221. The molecule has 0 aliphatic heterocycles. The summed E-state index contributed by atoms with van der Waals surface area (Å²) in [6, 6.07) is 10.4. The van der Waals surface area contributed by atoms with Crippen molar-refractivity contribution < 1.29 is 19.1 Å². The fraction of sp³-hybridized carbons (Fsp3) is 0.150. The lowest BCUT2D eigenvalue weighted by Crippen LogP contribution is -2.01. The van der Waals surface area contributed by atoms with Crippen LogP contribution in [0.5, 0.6) is 0 Å². The lowest BCUT2D eigenvalue weighted by atomic mass is 10.1. The zero-order chi connectivity index (χ0) is 21.6. The summed E-state index contributed by atoms with van der Waals surface area (Å²) in [5.41, 5.74) is 2.63. The Morgan fingerprint density at radius 2 is 1.48 bits per heavy atom. The van der Waals surface area contributed by atoms with Gasteiger partial charge in [0.15, 0.2) is 0 Å². The van der Waals surface area contributed by atoms with Crippen LogP contribution >= 0.6 is 45.8 Å². The van der Waals surface area contributed by atoms with Gasteiger partial charge in [0, 0.05) is 22.4 Å². The Morgan fingerprint density at radius 1 is 0.931 bits per heavy atom. The standard InChI is InChI=1S/C12H11ClN2O2.C8H6ClIO2/c1-15-7-9(6-14-15)8-3-4-10(11(13)5-8)12(16)17-2;1-12-8(11)6-3-2-5(10)4-7(6)9/h3-7H,1-2H3;2-4H,1H3. The van der Waals surface area contributed by atoms with Gasteiger partial charge in [0.2, 0.25) is 0 Å². The number of aromatic nitrogens is 2. The van der Waals surface area contributed by atoms with E-state index in [4.69, 9.17) is 23.2 Å². The van der Waals surface area contributed by atoms with Crippen molar-refractivity contribution in [3.63, 3.8) is 0 Å². The molecular formula is C20H17Cl2IN2O4. The number of esters is 2. The van der Waals surface area contributed by atoms with E-state index >= 15 is 0 Å². The summed E-state index contributed by atoms with van der Waals surface area (Å²) < 4.78 is 11.9. The smallest absolute Gasteiger partial charge is 0.339 e. The number of aryl methyl sites for hydroxylation is 1. The Labute approximate surface area is 191 Å². The van der Waals surface area contributed by atoms with Crippen molar-refractivity contribution in [3.05, 3.63) is 73.5 Å². The van der Waals surface area contributed by atoms with Crippen molar-refractivity contribution in [2.24, 2.45) is 7.05 Å². The van der Waals surface area contributed by atoms with Crippen molar-refractivity contribution in [1.82, 2.24) is 9.78 Å². The predicted octanol–water partition coefficient (Wildman–Crippen LogP) is 5.26. The molecule has 1 aromatic heterocycles. The van der Waals surface area contributed by atoms with Gasteiger partial charge in [0.05, 0.1) is 41.6 Å². The summed E-state index contributed by atoms with van der Waals surface area (Å²) in [6.45, 7) is 0. The highest BCUT2D eigenvalue weighted by molar-refractivity contribution is 14.1. The maximum Gasteiger partial charge on any atom is 0.339 e. The third-order valence-electron chi connectivity index (χ3n) is 3.75. The average molecular weight is 547 g/mol. The second-order valence-electron chi connectivity index (χ2n) is 5.70. The normalized spacial score (nSPS) is 10.0. The highest BCUT2D eigenvalue weighted by Gasteiger charge is 2.12. The van der Waals surface area contributed by atoms with Crippen molar-refractivity contribution >= 4 is 57.7 Å². The molecule has 0 unspecified atom stereocenters. The van der Waals surface area contributed by atoms with Crippen LogP contribution in [0.1, 0.15) is 20.7 Å². The number of halogens is 3. The number of ether oxygens (including phenoxy) is 2. The number of hydrogen-bond acceptors (Lipinski definition) is 5. The van der Waals surface area contributed by atoms with Crippen molar-refractivity contribution in [1.29, 1.82) is 0 Å². The van der Waals surface area contributed by atoms with Gasteiger partial charge < -0.3 is 9.47 Å². The number of hydrogen-bond donors (Lipinski definition) is 0. The van der Waals surface area contributed by atoms with Gasteiger partial charge in [-0.2, -0.15) is 5.10 Å². The molecule has 1 heterocycles. The highest BCUT2D eigenvalue weighted by atomic mass is 127. The predicted molar refractivity (Wildman–Crippen MR) is 121 cm³/mol. The number of rotatable bonds is 3. The van der Waals surface area contributed by atoms with Crippen LogP contribution < -0.4 is 0 Å². The average Bonchev–Trinajstić information content (AvgIpc) is 3.13. The zero-order valence-corrected chi connectivity index (χ0v) is 19.4. The van der Waals surface area contributed by atoms with Gasteiger partial charge in [-0.05, 0) is 58.5 Å². The monoisotopic (exact) mass is 546 g/mol. The maximum absolute atomic E-state index is 11.4. The Morgan fingerprint density at radius 3 is 1.93 bits per heavy atom. The van der Waals surface area contributed by atoms with Gasteiger partial charge >= 0.3 is 11.9 Å². The van der Waals surface area contributed by atoms with E-state index in [1.54, 1.807) is 41.2 Å². The summed E-state index contributed by atoms with van der Waals surface area (Å²) >= 11 is 14.0. The number of carbonyl (C=O) groups is 2. The molecule has 0 aliphatic rings. The van der Waals surface area contributed by atoms with E-state index in [1.165, 1.54) is 14.2 Å². The summed E-state index contributed by atoms with van der Waals surface area (Å²) in [6.07, 6.45) is 3.62. The molecule has 0 radical (unpaired) electrons. The van der Waals surface area contributed by atoms with Crippen LogP contribution in [0.3, 0.4) is 0 Å². The Bertz CT molecular complexity index is 1040. The molecule has 29 heavy (non-hydrogen) atoms. The first-order valence-corrected chi connectivity index (χ1v) is 10.0. The first kappa shape index (κ1) is 23.2. The van der Waals surface area contributed by atoms with E-state index in [2.05, 4.69) is 37.2 Å². The first-order valence-electron chi connectivity index (χ1n) is 8.17. The number of nitrogens with zero attached hydrogens (tertiary/aromatic N) is 2.